The van der Waals surface area contributed by atoms with Crippen LogP contribution < -0.4 is 10.6 Å². The monoisotopic (exact) mass is 320 g/mol. The van der Waals surface area contributed by atoms with Crippen molar-refractivity contribution in [3.8, 4) is 0 Å². The minimum Gasteiger partial charge on any atom is -0.399 e. The Hall–Kier alpha value is -1.81. The average Bonchev–Trinajstić information content (AvgIpc) is 2.43. The van der Waals surface area contributed by atoms with Crippen LogP contribution in [0.2, 0.25) is 0 Å². The van der Waals surface area contributed by atoms with Crippen molar-refractivity contribution in [1.29, 1.82) is 0 Å². The Labute approximate surface area is 122 Å². The lowest BCUT2D eigenvalue weighted by molar-refractivity contribution is 0.112. The summed E-state index contributed by atoms with van der Waals surface area (Å²) in [6.07, 6.45) is 0.847. The number of hydrogen-bond acceptors (Lipinski definition) is 3. The Bertz CT molecular complexity index is 486. The molecule has 0 saturated carbocycles. The fraction of sp³-hybridized carbons (Fsp3) is 0.133. The molecule has 0 atom stereocenters. The van der Waals surface area contributed by atoms with Gasteiger partial charge < -0.3 is 10.6 Å². The Morgan fingerprint density at radius 2 is 1.53 bits per heavy atom. The van der Waals surface area contributed by atoms with Gasteiger partial charge in [0, 0.05) is 35.5 Å². The maximum absolute atomic E-state index is 10.3. The van der Waals surface area contributed by atoms with E-state index >= 15 is 0 Å². The normalized spacial score (nSPS) is 9.21. The standard InChI is InChI=1S/C9H11NO.C6H6BrN/c1-10(2)9-5-3-8(7-11)4-6-9;7-5-1-3-6(8)4-2-5/h3-7H,1-2H3;1-4H,8H2. The van der Waals surface area contributed by atoms with Crippen molar-refractivity contribution in [2.45, 2.75) is 0 Å². The summed E-state index contributed by atoms with van der Waals surface area (Å²) in [5, 5.41) is 0. The number of nitrogens with zero attached hydrogens (tertiary/aromatic N) is 1. The fourth-order valence-electron chi connectivity index (χ4n) is 1.31. The molecule has 0 aliphatic rings. The molecule has 0 amide bonds. The van der Waals surface area contributed by atoms with Crippen LogP contribution in [0.4, 0.5) is 11.4 Å². The van der Waals surface area contributed by atoms with Gasteiger partial charge in [-0.2, -0.15) is 0 Å². The molecule has 0 aromatic heterocycles. The van der Waals surface area contributed by atoms with E-state index in [2.05, 4.69) is 15.9 Å². The summed E-state index contributed by atoms with van der Waals surface area (Å²) in [5.41, 5.74) is 8.03. The maximum Gasteiger partial charge on any atom is 0.150 e. The largest absolute Gasteiger partial charge is 0.399 e. The molecule has 2 rings (SSSR count). The van der Waals surface area contributed by atoms with E-state index in [-0.39, 0.29) is 0 Å². The first kappa shape index (κ1) is 15.2. The molecule has 0 aliphatic carbocycles. The fourth-order valence-corrected chi connectivity index (χ4v) is 1.58. The summed E-state index contributed by atoms with van der Waals surface area (Å²) in [7, 11) is 3.94. The molecule has 0 spiro atoms. The van der Waals surface area contributed by atoms with Crippen molar-refractivity contribution < 1.29 is 4.79 Å². The summed E-state index contributed by atoms with van der Waals surface area (Å²) in [6.45, 7) is 0. The minimum absolute atomic E-state index is 0.718. The molecule has 0 aliphatic heterocycles. The van der Waals surface area contributed by atoms with Gasteiger partial charge in [0.15, 0.2) is 0 Å². The van der Waals surface area contributed by atoms with Gasteiger partial charge in [-0.25, -0.2) is 0 Å². The molecule has 2 aromatic rings. The maximum atomic E-state index is 10.3. The zero-order chi connectivity index (χ0) is 14.3. The Morgan fingerprint density at radius 3 is 1.89 bits per heavy atom. The van der Waals surface area contributed by atoms with Crippen LogP contribution in [-0.4, -0.2) is 20.4 Å². The van der Waals surface area contributed by atoms with Gasteiger partial charge in [0.05, 0.1) is 0 Å². The smallest absolute Gasteiger partial charge is 0.150 e. The second-order valence-electron chi connectivity index (χ2n) is 4.16. The van der Waals surface area contributed by atoms with Gasteiger partial charge in [-0.05, 0) is 48.5 Å². The molecule has 0 bridgehead atoms. The number of nitrogen functional groups attached to an aromatic ring is 1. The highest BCUT2D eigenvalue weighted by Crippen LogP contribution is 2.11. The third-order valence-corrected chi connectivity index (χ3v) is 2.94. The molecule has 100 valence electrons. The van der Waals surface area contributed by atoms with E-state index in [0.717, 1.165) is 27.7 Å². The number of hydrogen-bond donors (Lipinski definition) is 1. The van der Waals surface area contributed by atoms with E-state index in [0.29, 0.717) is 0 Å². The van der Waals surface area contributed by atoms with Crippen molar-refractivity contribution in [1.82, 2.24) is 0 Å². The van der Waals surface area contributed by atoms with Gasteiger partial charge in [0.1, 0.15) is 6.29 Å². The molecule has 3 nitrogen and oxygen atoms in total. The predicted octanol–water partition coefficient (Wildman–Crippen LogP) is 3.60. The average molecular weight is 321 g/mol. The highest BCUT2D eigenvalue weighted by Gasteiger charge is 1.93. The minimum atomic E-state index is 0.718. The van der Waals surface area contributed by atoms with Crippen molar-refractivity contribution in [2.24, 2.45) is 0 Å². The summed E-state index contributed by atoms with van der Waals surface area (Å²) < 4.78 is 1.06. The summed E-state index contributed by atoms with van der Waals surface area (Å²) in [6, 6.07) is 15.0. The number of aldehydes is 1. The summed E-state index contributed by atoms with van der Waals surface area (Å²) >= 11 is 3.29. The number of halogens is 1. The third-order valence-electron chi connectivity index (χ3n) is 2.42. The zero-order valence-corrected chi connectivity index (χ0v) is 12.6. The van der Waals surface area contributed by atoms with Gasteiger partial charge in [0.2, 0.25) is 0 Å². The second-order valence-corrected chi connectivity index (χ2v) is 5.07. The van der Waals surface area contributed by atoms with Crippen LogP contribution in [0.5, 0.6) is 0 Å². The molecular weight excluding hydrogens is 304 g/mol. The first-order valence-corrected chi connectivity index (χ1v) is 6.56. The van der Waals surface area contributed by atoms with Gasteiger partial charge in [-0.1, -0.05) is 15.9 Å². The number of carbonyl (C=O) groups is 1. The van der Waals surface area contributed by atoms with Crippen LogP contribution in [0, 0.1) is 0 Å². The van der Waals surface area contributed by atoms with Crippen molar-refractivity contribution in [3.05, 3.63) is 58.6 Å². The Morgan fingerprint density at radius 1 is 1.00 bits per heavy atom. The molecule has 0 heterocycles. The van der Waals surface area contributed by atoms with Crippen molar-refractivity contribution in [3.63, 3.8) is 0 Å². The predicted molar refractivity (Wildman–Crippen MR) is 84.7 cm³/mol. The van der Waals surface area contributed by atoms with Gasteiger partial charge >= 0.3 is 0 Å². The van der Waals surface area contributed by atoms with Crippen LogP contribution in [0.1, 0.15) is 10.4 Å². The lowest BCUT2D eigenvalue weighted by Gasteiger charge is -2.11. The molecule has 19 heavy (non-hydrogen) atoms. The van der Waals surface area contributed by atoms with E-state index in [1.165, 1.54) is 0 Å². The van der Waals surface area contributed by atoms with Gasteiger partial charge in [0.25, 0.3) is 0 Å². The SMILES string of the molecule is CN(C)c1ccc(C=O)cc1.Nc1ccc(Br)cc1. The first-order valence-electron chi connectivity index (χ1n) is 5.76. The molecule has 2 aromatic carbocycles. The van der Waals surface area contributed by atoms with Crippen LogP contribution in [-0.2, 0) is 0 Å². The van der Waals surface area contributed by atoms with Gasteiger partial charge in [-0.15, -0.1) is 0 Å². The summed E-state index contributed by atoms with van der Waals surface area (Å²) in [4.78, 5) is 12.3. The van der Waals surface area contributed by atoms with E-state index in [1.807, 2.05) is 67.5 Å². The number of anilines is 2. The Kier molecular flexibility index (Phi) is 6.09. The molecule has 2 N–H and O–H groups in total. The topological polar surface area (TPSA) is 46.3 Å². The number of nitrogens with two attached hydrogens (primary N) is 1. The lowest BCUT2D eigenvalue weighted by atomic mass is 10.2. The van der Waals surface area contributed by atoms with E-state index in [9.17, 15) is 4.79 Å². The van der Waals surface area contributed by atoms with Crippen LogP contribution in [0.25, 0.3) is 0 Å². The van der Waals surface area contributed by atoms with Crippen molar-refractivity contribution in [2.75, 3.05) is 24.7 Å². The first-order chi connectivity index (χ1) is 9.02. The Balaban J connectivity index is 0.000000200. The van der Waals surface area contributed by atoms with E-state index in [1.54, 1.807) is 0 Å². The number of benzene rings is 2. The zero-order valence-electron chi connectivity index (χ0n) is 11.0. The highest BCUT2D eigenvalue weighted by atomic mass is 79.9. The lowest BCUT2D eigenvalue weighted by Crippen LogP contribution is -2.08. The third kappa shape index (κ3) is 5.57. The second kappa shape index (κ2) is 7.59. The number of rotatable bonds is 2. The van der Waals surface area contributed by atoms with E-state index in [4.69, 9.17) is 5.73 Å². The van der Waals surface area contributed by atoms with Crippen molar-refractivity contribution >= 4 is 33.6 Å². The molecule has 0 fully saturated rings. The molecule has 0 radical (unpaired) electrons. The van der Waals surface area contributed by atoms with E-state index < -0.39 is 0 Å². The molecule has 0 saturated heterocycles. The summed E-state index contributed by atoms with van der Waals surface area (Å²) in [5.74, 6) is 0. The molecule has 0 unspecified atom stereocenters. The van der Waals surface area contributed by atoms with Crippen LogP contribution in [0.15, 0.2) is 53.0 Å². The van der Waals surface area contributed by atoms with Crippen LogP contribution in [0.3, 0.4) is 0 Å². The number of carbonyl (C=O) groups excluding carboxylic acids is 1. The molecule has 4 heteroatoms. The molecular formula is C15H17BrN2O. The van der Waals surface area contributed by atoms with Crippen LogP contribution >= 0.6 is 15.9 Å². The van der Waals surface area contributed by atoms with Gasteiger partial charge in [-0.3, -0.25) is 4.79 Å². The highest BCUT2D eigenvalue weighted by molar-refractivity contribution is 9.10. The quantitative estimate of drug-likeness (QED) is 0.679.